The number of halogens is 1. The van der Waals surface area contributed by atoms with Gasteiger partial charge in [-0.15, -0.1) is 0 Å². The number of carbonyl (C=O) groups excluding carboxylic acids is 1. The molecule has 0 N–H and O–H groups in total. The van der Waals surface area contributed by atoms with E-state index in [0.717, 1.165) is 6.29 Å². The first kappa shape index (κ1) is 12.1. The van der Waals surface area contributed by atoms with Crippen LogP contribution in [0.2, 0.25) is 0 Å². The lowest BCUT2D eigenvalue weighted by Gasteiger charge is -2.10. The Labute approximate surface area is 104 Å². The van der Waals surface area contributed by atoms with Crippen LogP contribution in [-0.4, -0.2) is 13.4 Å². The summed E-state index contributed by atoms with van der Waals surface area (Å²) in [4.78, 5) is 10.6. The summed E-state index contributed by atoms with van der Waals surface area (Å²) in [5.41, 5.74) is 0.498. The highest BCUT2D eigenvalue weighted by molar-refractivity contribution is 5.76. The predicted molar refractivity (Wildman–Crippen MR) is 64.9 cm³/mol. The fourth-order valence-corrected chi connectivity index (χ4v) is 1.47. The largest absolute Gasteiger partial charge is 0.493 e. The van der Waals surface area contributed by atoms with Gasteiger partial charge in [0.2, 0.25) is 0 Å². The zero-order chi connectivity index (χ0) is 13.0. The van der Waals surface area contributed by atoms with Gasteiger partial charge >= 0.3 is 0 Å². The van der Waals surface area contributed by atoms with E-state index in [1.807, 2.05) is 0 Å². The second kappa shape index (κ2) is 5.31. The first-order valence-corrected chi connectivity index (χ1v) is 5.29. The van der Waals surface area contributed by atoms with Gasteiger partial charge in [0, 0.05) is 5.56 Å². The summed E-state index contributed by atoms with van der Waals surface area (Å²) in [7, 11) is 1.49. The summed E-state index contributed by atoms with van der Waals surface area (Å²) in [5, 5.41) is 0. The number of ether oxygens (including phenoxy) is 2. The summed E-state index contributed by atoms with van der Waals surface area (Å²) in [6.07, 6.45) is 0.726. The van der Waals surface area contributed by atoms with Gasteiger partial charge in [0.25, 0.3) is 0 Å². The Morgan fingerprint density at radius 2 is 1.78 bits per heavy atom. The molecule has 0 aliphatic rings. The first-order valence-electron chi connectivity index (χ1n) is 5.29. The molecule has 3 nitrogen and oxygen atoms in total. The fraction of sp³-hybridized carbons (Fsp3) is 0.0714. The van der Waals surface area contributed by atoms with Crippen molar-refractivity contribution in [2.24, 2.45) is 0 Å². The Hall–Kier alpha value is -2.36. The first-order chi connectivity index (χ1) is 8.72. The van der Waals surface area contributed by atoms with Crippen molar-refractivity contribution in [3.05, 3.63) is 53.8 Å². The molecule has 0 fully saturated rings. The van der Waals surface area contributed by atoms with Crippen LogP contribution in [-0.2, 0) is 0 Å². The van der Waals surface area contributed by atoms with E-state index in [9.17, 15) is 9.18 Å². The maximum atomic E-state index is 12.8. The lowest BCUT2D eigenvalue weighted by Crippen LogP contribution is -1.92. The molecule has 18 heavy (non-hydrogen) atoms. The van der Waals surface area contributed by atoms with Crippen LogP contribution in [0.1, 0.15) is 10.4 Å². The van der Waals surface area contributed by atoms with Crippen LogP contribution >= 0.6 is 0 Å². The normalized spacial score (nSPS) is 9.89. The molecule has 0 unspecified atom stereocenters. The fourth-order valence-electron chi connectivity index (χ4n) is 1.47. The van der Waals surface area contributed by atoms with Crippen LogP contribution in [0, 0.1) is 5.82 Å². The third-order valence-corrected chi connectivity index (χ3v) is 2.37. The molecule has 0 saturated heterocycles. The molecule has 0 saturated carbocycles. The third kappa shape index (κ3) is 2.66. The molecule has 0 bridgehead atoms. The minimum atomic E-state index is -0.328. The minimum absolute atomic E-state index is 0.328. The van der Waals surface area contributed by atoms with Crippen LogP contribution in [0.15, 0.2) is 42.5 Å². The molecule has 4 heteroatoms. The number of rotatable bonds is 4. The van der Waals surface area contributed by atoms with Crippen molar-refractivity contribution in [1.29, 1.82) is 0 Å². The van der Waals surface area contributed by atoms with Crippen LogP contribution < -0.4 is 9.47 Å². The average molecular weight is 246 g/mol. The average Bonchev–Trinajstić information content (AvgIpc) is 2.41. The molecule has 0 aromatic heterocycles. The van der Waals surface area contributed by atoms with Crippen molar-refractivity contribution in [3.8, 4) is 17.2 Å². The number of benzene rings is 2. The molecule has 0 atom stereocenters. The molecule has 92 valence electrons. The highest BCUT2D eigenvalue weighted by atomic mass is 19.1. The topological polar surface area (TPSA) is 35.5 Å². The highest BCUT2D eigenvalue weighted by Crippen LogP contribution is 2.31. The molecule has 2 rings (SSSR count). The number of aldehydes is 1. The van der Waals surface area contributed by atoms with Gasteiger partial charge in [-0.05, 0) is 42.5 Å². The van der Waals surface area contributed by atoms with E-state index in [1.54, 1.807) is 18.2 Å². The number of carbonyl (C=O) groups is 1. The van der Waals surface area contributed by atoms with Crippen LogP contribution in [0.25, 0.3) is 0 Å². The summed E-state index contributed by atoms with van der Waals surface area (Å²) < 4.78 is 23.4. The van der Waals surface area contributed by atoms with Gasteiger partial charge in [0.1, 0.15) is 17.9 Å². The van der Waals surface area contributed by atoms with E-state index in [4.69, 9.17) is 9.47 Å². The van der Waals surface area contributed by atoms with Gasteiger partial charge in [0.15, 0.2) is 11.5 Å². The third-order valence-electron chi connectivity index (χ3n) is 2.37. The standard InChI is InChI=1S/C14H11FO3/c1-17-14-8-10(9-16)2-7-13(14)18-12-5-3-11(15)4-6-12/h2-9H,1H3. The van der Waals surface area contributed by atoms with Crippen molar-refractivity contribution < 1.29 is 18.7 Å². The molecule has 0 heterocycles. The zero-order valence-electron chi connectivity index (χ0n) is 9.72. The van der Waals surface area contributed by atoms with Gasteiger partial charge < -0.3 is 9.47 Å². The van der Waals surface area contributed by atoms with Gasteiger partial charge in [0.05, 0.1) is 7.11 Å². The van der Waals surface area contributed by atoms with Gasteiger partial charge in [-0.1, -0.05) is 0 Å². The van der Waals surface area contributed by atoms with Crippen molar-refractivity contribution in [2.45, 2.75) is 0 Å². The Kier molecular flexibility index (Phi) is 3.57. The molecule has 0 aliphatic heterocycles. The number of hydrogen-bond acceptors (Lipinski definition) is 3. The molecule has 0 aliphatic carbocycles. The second-order valence-corrected chi connectivity index (χ2v) is 3.58. The van der Waals surface area contributed by atoms with E-state index < -0.39 is 0 Å². The Balaban J connectivity index is 2.28. The van der Waals surface area contributed by atoms with E-state index in [2.05, 4.69) is 0 Å². The predicted octanol–water partition coefficient (Wildman–Crippen LogP) is 3.44. The van der Waals surface area contributed by atoms with E-state index in [0.29, 0.717) is 22.8 Å². The maximum Gasteiger partial charge on any atom is 0.169 e. The Bertz CT molecular complexity index is 549. The van der Waals surface area contributed by atoms with Crippen LogP contribution in [0.3, 0.4) is 0 Å². The molecular formula is C14H11FO3. The maximum absolute atomic E-state index is 12.8. The lowest BCUT2D eigenvalue weighted by atomic mass is 10.2. The summed E-state index contributed by atoms with van der Waals surface area (Å²) >= 11 is 0. The monoisotopic (exact) mass is 246 g/mol. The SMILES string of the molecule is COc1cc(C=O)ccc1Oc1ccc(F)cc1. The highest BCUT2D eigenvalue weighted by Gasteiger charge is 2.06. The van der Waals surface area contributed by atoms with E-state index in [-0.39, 0.29) is 5.82 Å². The quantitative estimate of drug-likeness (QED) is 0.775. The van der Waals surface area contributed by atoms with Gasteiger partial charge in [-0.3, -0.25) is 4.79 Å². The van der Waals surface area contributed by atoms with Gasteiger partial charge in [-0.2, -0.15) is 0 Å². The number of methoxy groups -OCH3 is 1. The van der Waals surface area contributed by atoms with E-state index >= 15 is 0 Å². The summed E-state index contributed by atoms with van der Waals surface area (Å²) in [6, 6.07) is 10.5. The van der Waals surface area contributed by atoms with Crippen molar-refractivity contribution in [1.82, 2.24) is 0 Å². The van der Waals surface area contributed by atoms with Crippen molar-refractivity contribution in [3.63, 3.8) is 0 Å². The molecule has 0 spiro atoms. The minimum Gasteiger partial charge on any atom is -0.493 e. The number of hydrogen-bond donors (Lipinski definition) is 0. The second-order valence-electron chi connectivity index (χ2n) is 3.58. The summed E-state index contributed by atoms with van der Waals surface area (Å²) in [6.45, 7) is 0. The van der Waals surface area contributed by atoms with Crippen molar-refractivity contribution in [2.75, 3.05) is 7.11 Å². The molecular weight excluding hydrogens is 235 g/mol. The Morgan fingerprint density at radius 1 is 1.06 bits per heavy atom. The molecule has 2 aromatic rings. The van der Waals surface area contributed by atoms with Crippen LogP contribution in [0.4, 0.5) is 4.39 Å². The van der Waals surface area contributed by atoms with E-state index in [1.165, 1.54) is 31.4 Å². The van der Waals surface area contributed by atoms with Crippen LogP contribution in [0.5, 0.6) is 17.2 Å². The lowest BCUT2D eigenvalue weighted by molar-refractivity contribution is 0.112. The zero-order valence-corrected chi connectivity index (χ0v) is 9.72. The summed E-state index contributed by atoms with van der Waals surface area (Å²) in [5.74, 6) is 1.08. The van der Waals surface area contributed by atoms with Crippen molar-refractivity contribution >= 4 is 6.29 Å². The molecule has 0 radical (unpaired) electrons. The smallest absolute Gasteiger partial charge is 0.169 e. The Morgan fingerprint density at radius 3 is 2.39 bits per heavy atom. The molecule has 2 aromatic carbocycles. The molecule has 0 amide bonds. The van der Waals surface area contributed by atoms with Gasteiger partial charge in [-0.25, -0.2) is 4.39 Å².